The van der Waals surface area contributed by atoms with E-state index in [2.05, 4.69) is 16.0 Å². The number of benzene rings is 3. The molecule has 0 radical (unpaired) electrons. The Morgan fingerprint density at radius 1 is 0.783 bits per heavy atom. The van der Waals surface area contributed by atoms with E-state index >= 15 is 0 Å². The molecule has 1 saturated heterocycles. The number of carbonyl (C=O) groups is 4. The molecule has 242 valence electrons. The molecule has 3 aromatic carbocycles. The zero-order valence-corrected chi connectivity index (χ0v) is 25.9. The van der Waals surface area contributed by atoms with Crippen LogP contribution in [0.15, 0.2) is 84.9 Å². The van der Waals surface area contributed by atoms with Crippen molar-refractivity contribution in [1.29, 1.82) is 0 Å². The van der Waals surface area contributed by atoms with Crippen LogP contribution < -0.4 is 20.7 Å². The first-order valence-corrected chi connectivity index (χ1v) is 15.2. The molecular weight excluding hydrogens is 590 g/mol. The molecule has 1 saturated carbocycles. The summed E-state index contributed by atoms with van der Waals surface area (Å²) in [6, 6.07) is 21.9. The first kappa shape index (κ1) is 32.6. The molecule has 3 amide bonds. The number of ether oxygens (including phenoxy) is 3. The number of ketones is 1. The van der Waals surface area contributed by atoms with E-state index in [1.54, 1.807) is 50.4 Å². The molecule has 4 N–H and O–H groups in total. The summed E-state index contributed by atoms with van der Waals surface area (Å²) in [6.45, 7) is 1.91. The van der Waals surface area contributed by atoms with Crippen molar-refractivity contribution in [2.75, 3.05) is 13.7 Å². The molecule has 0 aromatic heterocycles. The molecule has 1 aliphatic carbocycles. The third kappa shape index (κ3) is 8.49. The van der Waals surface area contributed by atoms with Crippen LogP contribution in [-0.2, 0) is 43.3 Å². The van der Waals surface area contributed by atoms with Crippen LogP contribution in [-0.4, -0.2) is 71.8 Å². The fourth-order valence-corrected chi connectivity index (χ4v) is 5.16. The van der Waals surface area contributed by atoms with E-state index in [-0.39, 0.29) is 44.7 Å². The van der Waals surface area contributed by atoms with Gasteiger partial charge in [0.1, 0.15) is 30.0 Å². The third-order valence-corrected chi connectivity index (χ3v) is 8.28. The van der Waals surface area contributed by atoms with Gasteiger partial charge in [-0.1, -0.05) is 72.8 Å². The quantitative estimate of drug-likeness (QED) is 0.187. The number of carbonyl (C=O) groups excluding carboxylic acids is 4. The predicted molar refractivity (Wildman–Crippen MR) is 168 cm³/mol. The lowest BCUT2D eigenvalue weighted by Crippen LogP contribution is -2.60. The SMILES string of the molecule is COc1ccc(C[C@H](NC(=O)[C@@H](NC(=O)OCc2ccccc2)C2(O)CC2)C(=O)N[C@@H](Cc2ccccc2)C(=O)[C@@]2(C)CO2)cc1. The molecule has 2 fully saturated rings. The Morgan fingerprint density at radius 3 is 1.89 bits per heavy atom. The lowest BCUT2D eigenvalue weighted by Gasteiger charge is -2.27. The van der Waals surface area contributed by atoms with Gasteiger partial charge in [0.25, 0.3) is 0 Å². The topological polar surface area (TPSA) is 156 Å². The summed E-state index contributed by atoms with van der Waals surface area (Å²) in [4.78, 5) is 53.8. The highest BCUT2D eigenvalue weighted by atomic mass is 16.6. The smallest absolute Gasteiger partial charge is 0.408 e. The van der Waals surface area contributed by atoms with Gasteiger partial charge < -0.3 is 35.3 Å². The molecule has 11 nitrogen and oxygen atoms in total. The summed E-state index contributed by atoms with van der Waals surface area (Å²) in [5.74, 6) is -1.01. The zero-order chi connectivity index (χ0) is 32.7. The molecule has 0 spiro atoms. The van der Waals surface area contributed by atoms with E-state index in [4.69, 9.17) is 14.2 Å². The second-order valence-electron chi connectivity index (χ2n) is 12.0. The van der Waals surface area contributed by atoms with Crippen LogP contribution in [0.4, 0.5) is 4.79 Å². The van der Waals surface area contributed by atoms with Gasteiger partial charge in [-0.15, -0.1) is 0 Å². The van der Waals surface area contributed by atoms with Crippen LogP contribution in [0.3, 0.4) is 0 Å². The minimum atomic E-state index is -1.49. The number of hydrogen-bond acceptors (Lipinski definition) is 8. The molecule has 1 aliphatic heterocycles. The second-order valence-corrected chi connectivity index (χ2v) is 12.0. The van der Waals surface area contributed by atoms with Crippen LogP contribution in [0.2, 0.25) is 0 Å². The first-order valence-electron chi connectivity index (χ1n) is 15.2. The lowest BCUT2D eigenvalue weighted by atomic mass is 9.94. The number of nitrogens with one attached hydrogen (secondary N) is 3. The van der Waals surface area contributed by atoms with Crippen LogP contribution in [0.25, 0.3) is 0 Å². The third-order valence-electron chi connectivity index (χ3n) is 8.28. The van der Waals surface area contributed by atoms with Gasteiger partial charge in [0, 0.05) is 6.42 Å². The van der Waals surface area contributed by atoms with Gasteiger partial charge in [0.05, 0.1) is 25.4 Å². The number of hydrogen-bond donors (Lipinski definition) is 4. The van der Waals surface area contributed by atoms with Crippen molar-refractivity contribution < 1.29 is 38.5 Å². The number of alkyl carbamates (subject to hydrolysis) is 1. The largest absolute Gasteiger partial charge is 0.497 e. The van der Waals surface area contributed by atoms with E-state index in [0.29, 0.717) is 11.3 Å². The zero-order valence-electron chi connectivity index (χ0n) is 25.9. The monoisotopic (exact) mass is 629 g/mol. The van der Waals surface area contributed by atoms with E-state index < -0.39 is 47.2 Å². The van der Waals surface area contributed by atoms with Crippen molar-refractivity contribution in [3.05, 3.63) is 102 Å². The average molecular weight is 630 g/mol. The average Bonchev–Trinajstić information content (AvgIpc) is 4.01. The molecule has 11 heteroatoms. The van der Waals surface area contributed by atoms with Crippen molar-refractivity contribution in [2.45, 2.75) is 68.5 Å². The number of aliphatic hydroxyl groups is 1. The van der Waals surface area contributed by atoms with E-state index in [0.717, 1.165) is 11.1 Å². The van der Waals surface area contributed by atoms with Gasteiger partial charge in [-0.05, 0) is 55.0 Å². The highest BCUT2D eigenvalue weighted by Crippen LogP contribution is 2.38. The van der Waals surface area contributed by atoms with Crippen molar-refractivity contribution in [3.8, 4) is 5.75 Å². The fourth-order valence-electron chi connectivity index (χ4n) is 5.16. The van der Waals surface area contributed by atoms with E-state index in [9.17, 15) is 24.3 Å². The molecule has 0 bridgehead atoms. The summed E-state index contributed by atoms with van der Waals surface area (Å²) >= 11 is 0. The second kappa shape index (κ2) is 14.1. The van der Waals surface area contributed by atoms with E-state index in [1.165, 1.54) is 0 Å². The van der Waals surface area contributed by atoms with Crippen LogP contribution in [0.5, 0.6) is 5.75 Å². The van der Waals surface area contributed by atoms with Crippen molar-refractivity contribution in [3.63, 3.8) is 0 Å². The van der Waals surface area contributed by atoms with Crippen LogP contribution >= 0.6 is 0 Å². The number of epoxide rings is 1. The summed E-state index contributed by atoms with van der Waals surface area (Å²) in [5.41, 5.74) is -0.172. The lowest BCUT2D eigenvalue weighted by molar-refractivity contribution is -0.134. The Hall–Kier alpha value is -4.74. The molecule has 4 atom stereocenters. The summed E-state index contributed by atoms with van der Waals surface area (Å²) in [5, 5.41) is 19.0. The molecule has 2 aliphatic rings. The molecule has 3 aromatic rings. The van der Waals surface area contributed by atoms with Gasteiger partial charge in [-0.25, -0.2) is 4.79 Å². The summed E-state index contributed by atoms with van der Waals surface area (Å²) in [7, 11) is 1.54. The van der Waals surface area contributed by atoms with Gasteiger partial charge in [-0.3, -0.25) is 14.4 Å². The molecule has 46 heavy (non-hydrogen) atoms. The Kier molecular flexibility index (Phi) is 10.0. The van der Waals surface area contributed by atoms with E-state index in [1.807, 2.05) is 48.5 Å². The minimum Gasteiger partial charge on any atom is -0.497 e. The fraction of sp³-hybridized carbons (Fsp3) is 0.371. The summed E-state index contributed by atoms with van der Waals surface area (Å²) in [6.07, 6.45) is -0.0283. The standard InChI is InChI=1S/C35H39N3O8/c1-34(22-46-34)30(39)27(19-23-9-5-3-6-10-23)36-31(40)28(20-24-13-15-26(44-2)16-14-24)37-32(41)29(35(43)17-18-35)38-33(42)45-21-25-11-7-4-8-12-25/h3-16,27-29,43H,17-22H2,1-2H3,(H,36,40)(H,37,41)(H,38,42)/t27-,28-,29+,34+/m0/s1. The van der Waals surface area contributed by atoms with Crippen molar-refractivity contribution in [2.24, 2.45) is 0 Å². The maximum absolute atomic E-state index is 13.9. The van der Waals surface area contributed by atoms with Crippen LogP contribution in [0, 0.1) is 0 Å². The Labute approximate surface area is 267 Å². The number of methoxy groups -OCH3 is 1. The van der Waals surface area contributed by atoms with Crippen LogP contribution in [0.1, 0.15) is 36.5 Å². The molecule has 0 unspecified atom stereocenters. The minimum absolute atomic E-state index is 0.0264. The van der Waals surface area contributed by atoms with Gasteiger partial charge >= 0.3 is 6.09 Å². The van der Waals surface area contributed by atoms with Crippen molar-refractivity contribution >= 4 is 23.7 Å². The Morgan fingerprint density at radius 2 is 1.33 bits per heavy atom. The molecular formula is C35H39N3O8. The molecule has 5 rings (SSSR count). The van der Waals surface area contributed by atoms with Gasteiger partial charge in [-0.2, -0.15) is 0 Å². The first-order chi connectivity index (χ1) is 22.1. The van der Waals surface area contributed by atoms with Crippen molar-refractivity contribution in [1.82, 2.24) is 16.0 Å². The van der Waals surface area contributed by atoms with Gasteiger partial charge in [0.2, 0.25) is 11.8 Å². The number of Topliss-reactive ketones (excluding diaryl/α,β-unsaturated/α-hetero) is 1. The highest BCUT2D eigenvalue weighted by molar-refractivity contribution is 5.98. The predicted octanol–water partition coefficient (Wildman–Crippen LogP) is 2.63. The van der Waals surface area contributed by atoms with Gasteiger partial charge in [0.15, 0.2) is 5.78 Å². The Bertz CT molecular complexity index is 1520. The Balaban J connectivity index is 1.33. The summed E-state index contributed by atoms with van der Waals surface area (Å²) < 4.78 is 15.9. The number of rotatable bonds is 15. The highest BCUT2D eigenvalue weighted by Gasteiger charge is 2.53. The normalized spacial score (nSPS) is 19.5. The maximum Gasteiger partial charge on any atom is 0.408 e. The number of amides is 3. The molecule has 1 heterocycles. The maximum atomic E-state index is 13.9.